The smallest absolute Gasteiger partial charge is 0.264 e. The lowest BCUT2D eigenvalue weighted by atomic mass is 10.1. The molecule has 1 saturated heterocycles. The average Bonchev–Trinajstić information content (AvgIpc) is 2.47. The summed E-state index contributed by atoms with van der Waals surface area (Å²) in [4.78, 5) is 21.0. The number of nitrogens with zero attached hydrogens (tertiary/aromatic N) is 3. The van der Waals surface area contributed by atoms with Crippen molar-refractivity contribution in [3.63, 3.8) is 0 Å². The lowest BCUT2D eigenvalue weighted by Gasteiger charge is -2.25. The summed E-state index contributed by atoms with van der Waals surface area (Å²) in [6, 6.07) is 0. The topological polar surface area (TPSA) is 73.6 Å². The second kappa shape index (κ2) is 7.51. The van der Waals surface area contributed by atoms with E-state index in [2.05, 4.69) is 14.9 Å². The highest BCUT2D eigenvalue weighted by molar-refractivity contribution is 7.71. The van der Waals surface area contributed by atoms with Crippen LogP contribution >= 0.6 is 12.2 Å². The molecule has 1 aliphatic heterocycles. The zero-order valence-electron chi connectivity index (χ0n) is 12.3. The third-order valence-electron chi connectivity index (χ3n) is 3.74. The van der Waals surface area contributed by atoms with E-state index < -0.39 is 5.56 Å². The molecule has 0 saturated carbocycles. The van der Waals surface area contributed by atoms with Crippen LogP contribution in [0.2, 0.25) is 0 Å². The van der Waals surface area contributed by atoms with Gasteiger partial charge in [-0.05, 0) is 45.1 Å². The van der Waals surface area contributed by atoms with Gasteiger partial charge >= 0.3 is 0 Å². The number of piperidine rings is 1. The first kappa shape index (κ1) is 15.9. The van der Waals surface area contributed by atoms with Crippen molar-refractivity contribution in [2.24, 2.45) is 4.99 Å². The molecule has 2 N–H and O–H groups in total. The van der Waals surface area contributed by atoms with Gasteiger partial charge in [0.25, 0.3) is 5.56 Å². The minimum atomic E-state index is -0.399. The number of aromatic amines is 1. The molecule has 2 heterocycles. The Hall–Kier alpha value is -1.47. The minimum Gasteiger partial charge on any atom is -0.494 e. The van der Waals surface area contributed by atoms with Gasteiger partial charge in [0.1, 0.15) is 5.56 Å². The molecule has 1 aromatic rings. The molecule has 0 unspecified atom stereocenters. The number of rotatable bonds is 5. The SMILES string of the molecule is CCn1c(O)c(C=NCCN2CCCCC2)c(=O)[nH]c1=S. The lowest BCUT2D eigenvalue weighted by Crippen LogP contribution is -2.31. The number of aromatic hydroxyl groups is 1. The van der Waals surface area contributed by atoms with E-state index in [0.717, 1.165) is 19.6 Å². The van der Waals surface area contributed by atoms with Crippen LogP contribution in [0, 0.1) is 4.77 Å². The van der Waals surface area contributed by atoms with Crippen molar-refractivity contribution < 1.29 is 5.11 Å². The van der Waals surface area contributed by atoms with E-state index >= 15 is 0 Å². The number of nitrogens with one attached hydrogen (secondary N) is 1. The highest BCUT2D eigenvalue weighted by Gasteiger charge is 2.10. The monoisotopic (exact) mass is 310 g/mol. The quantitative estimate of drug-likeness (QED) is 0.639. The summed E-state index contributed by atoms with van der Waals surface area (Å²) in [5, 5.41) is 10.1. The Morgan fingerprint density at radius 2 is 2.10 bits per heavy atom. The highest BCUT2D eigenvalue weighted by atomic mass is 32.1. The maximum absolute atomic E-state index is 11.8. The highest BCUT2D eigenvalue weighted by Crippen LogP contribution is 2.11. The molecular formula is C14H22N4O2S. The molecule has 1 aromatic heterocycles. The van der Waals surface area contributed by atoms with Crippen LogP contribution in [0.25, 0.3) is 0 Å². The molecule has 1 fully saturated rings. The van der Waals surface area contributed by atoms with Crippen LogP contribution in [-0.2, 0) is 6.54 Å². The number of hydrogen-bond donors (Lipinski definition) is 2. The van der Waals surface area contributed by atoms with E-state index in [9.17, 15) is 9.90 Å². The van der Waals surface area contributed by atoms with Gasteiger partial charge < -0.3 is 10.0 Å². The summed E-state index contributed by atoms with van der Waals surface area (Å²) >= 11 is 5.00. The van der Waals surface area contributed by atoms with E-state index in [-0.39, 0.29) is 16.2 Å². The molecular weight excluding hydrogens is 288 g/mol. The van der Waals surface area contributed by atoms with E-state index in [1.807, 2.05) is 6.92 Å². The van der Waals surface area contributed by atoms with Crippen LogP contribution in [0.5, 0.6) is 5.88 Å². The summed E-state index contributed by atoms with van der Waals surface area (Å²) in [7, 11) is 0. The normalized spacial score (nSPS) is 16.6. The summed E-state index contributed by atoms with van der Waals surface area (Å²) in [5.74, 6) is -0.118. The lowest BCUT2D eigenvalue weighted by molar-refractivity contribution is 0.235. The van der Waals surface area contributed by atoms with Gasteiger partial charge in [-0.2, -0.15) is 0 Å². The Bertz CT molecular complexity index is 614. The summed E-state index contributed by atoms with van der Waals surface area (Å²) in [6.07, 6.45) is 5.26. The Morgan fingerprint density at radius 1 is 1.38 bits per heavy atom. The van der Waals surface area contributed by atoms with Crippen molar-refractivity contribution in [1.29, 1.82) is 0 Å². The fourth-order valence-electron chi connectivity index (χ4n) is 2.52. The zero-order chi connectivity index (χ0) is 15.2. The fraction of sp³-hybridized carbons (Fsp3) is 0.643. The predicted octanol–water partition coefficient (Wildman–Crippen LogP) is 1.54. The van der Waals surface area contributed by atoms with Crippen LogP contribution in [0.1, 0.15) is 31.7 Å². The van der Waals surface area contributed by atoms with Gasteiger partial charge in [-0.3, -0.25) is 19.3 Å². The van der Waals surface area contributed by atoms with Crippen LogP contribution in [-0.4, -0.2) is 52.0 Å². The number of H-pyrrole nitrogens is 1. The first-order valence-corrected chi connectivity index (χ1v) is 7.82. The zero-order valence-corrected chi connectivity index (χ0v) is 13.2. The number of likely N-dealkylation sites (tertiary alicyclic amines) is 1. The molecule has 0 aliphatic carbocycles. The fourth-order valence-corrected chi connectivity index (χ4v) is 2.83. The molecule has 21 heavy (non-hydrogen) atoms. The largest absolute Gasteiger partial charge is 0.494 e. The second-order valence-corrected chi connectivity index (χ2v) is 5.57. The van der Waals surface area contributed by atoms with E-state index in [0.29, 0.717) is 13.1 Å². The van der Waals surface area contributed by atoms with E-state index in [1.54, 1.807) is 0 Å². The molecule has 0 aromatic carbocycles. The molecule has 7 heteroatoms. The van der Waals surface area contributed by atoms with Gasteiger partial charge in [0, 0.05) is 19.3 Å². The second-order valence-electron chi connectivity index (χ2n) is 5.18. The maximum atomic E-state index is 11.8. The molecule has 116 valence electrons. The van der Waals surface area contributed by atoms with Crippen molar-refractivity contribution in [2.45, 2.75) is 32.7 Å². The van der Waals surface area contributed by atoms with Crippen molar-refractivity contribution >= 4 is 18.4 Å². The third-order valence-corrected chi connectivity index (χ3v) is 4.06. The minimum absolute atomic E-state index is 0.118. The summed E-state index contributed by atoms with van der Waals surface area (Å²) in [6.45, 7) is 6.12. The predicted molar refractivity (Wildman–Crippen MR) is 86.0 cm³/mol. The van der Waals surface area contributed by atoms with Crippen molar-refractivity contribution in [2.75, 3.05) is 26.2 Å². The van der Waals surface area contributed by atoms with Gasteiger partial charge in [-0.1, -0.05) is 6.42 Å². The molecule has 0 spiro atoms. The Balaban J connectivity index is 2.03. The molecule has 6 nitrogen and oxygen atoms in total. The standard InChI is InChI=1S/C14H22N4O2S/c1-2-18-13(20)11(12(19)16-14(18)21)10-15-6-9-17-7-4-3-5-8-17/h10,20H,2-9H2,1H3,(H,16,19,21). The summed E-state index contributed by atoms with van der Waals surface area (Å²) in [5.41, 5.74) is -0.229. The van der Waals surface area contributed by atoms with Crippen molar-refractivity contribution in [3.05, 3.63) is 20.7 Å². The summed E-state index contributed by atoms with van der Waals surface area (Å²) < 4.78 is 1.70. The first-order valence-electron chi connectivity index (χ1n) is 7.41. The Kier molecular flexibility index (Phi) is 5.69. The van der Waals surface area contributed by atoms with E-state index in [1.165, 1.54) is 30.0 Å². The number of hydrogen-bond acceptors (Lipinski definition) is 5. The third kappa shape index (κ3) is 4.01. The Morgan fingerprint density at radius 3 is 2.76 bits per heavy atom. The van der Waals surface area contributed by atoms with Gasteiger partial charge in [0.15, 0.2) is 4.77 Å². The van der Waals surface area contributed by atoms with Crippen molar-refractivity contribution in [3.8, 4) is 5.88 Å². The van der Waals surface area contributed by atoms with Crippen LogP contribution in [0.4, 0.5) is 0 Å². The molecule has 1 aliphatic rings. The van der Waals surface area contributed by atoms with Crippen LogP contribution < -0.4 is 5.56 Å². The molecule has 0 bridgehead atoms. The van der Waals surface area contributed by atoms with Gasteiger partial charge in [-0.15, -0.1) is 0 Å². The van der Waals surface area contributed by atoms with Gasteiger partial charge in [0.2, 0.25) is 5.88 Å². The van der Waals surface area contributed by atoms with Crippen molar-refractivity contribution in [1.82, 2.24) is 14.5 Å². The first-order chi connectivity index (χ1) is 10.1. The van der Waals surface area contributed by atoms with Crippen LogP contribution in [0.15, 0.2) is 9.79 Å². The molecule has 0 radical (unpaired) electrons. The molecule has 2 rings (SSSR count). The van der Waals surface area contributed by atoms with Gasteiger partial charge in [-0.25, -0.2) is 0 Å². The average molecular weight is 310 g/mol. The number of aliphatic imine (C=N–C) groups is 1. The maximum Gasteiger partial charge on any atom is 0.264 e. The van der Waals surface area contributed by atoms with Crippen LogP contribution in [0.3, 0.4) is 0 Å². The van der Waals surface area contributed by atoms with E-state index in [4.69, 9.17) is 12.2 Å². The molecule has 0 amide bonds. The molecule has 0 atom stereocenters. The Labute approximate surface area is 129 Å². The number of aromatic nitrogens is 2. The van der Waals surface area contributed by atoms with Gasteiger partial charge in [0.05, 0.1) is 6.54 Å².